The summed E-state index contributed by atoms with van der Waals surface area (Å²) in [6, 6.07) is 0. The zero-order chi connectivity index (χ0) is 22.2. The Morgan fingerprint density at radius 1 is 0.346 bits per heavy atom. The summed E-state index contributed by atoms with van der Waals surface area (Å²) in [5.41, 5.74) is 0. The van der Waals surface area contributed by atoms with Gasteiger partial charge in [0, 0.05) is 0 Å². The van der Waals surface area contributed by atoms with Gasteiger partial charge in [-0.15, -0.1) is 0 Å². The first-order valence-electron chi connectivity index (χ1n) is 10.7. The number of hydrogen-bond donors (Lipinski definition) is 0. The summed E-state index contributed by atoms with van der Waals surface area (Å²) in [4.78, 5) is 0. The Hall–Kier alpha value is 0.760. The molecule has 0 aromatic heterocycles. The van der Waals surface area contributed by atoms with Gasteiger partial charge in [0.05, 0.1) is 8.80 Å². The van der Waals surface area contributed by atoms with Crippen LogP contribution < -0.4 is 0 Å². The molecule has 0 atom stereocenters. The normalized spacial score (nSPS) is 15.2. The average molecular weight is 445 g/mol. The van der Waals surface area contributed by atoms with Crippen LogP contribution in [-0.4, -0.2) is 23.1 Å². The molecule has 0 spiro atoms. The van der Waals surface area contributed by atoms with Crippen molar-refractivity contribution >= 4 is 23.1 Å². The summed E-state index contributed by atoms with van der Waals surface area (Å²) in [7, 11) is -0.799. The van der Waals surface area contributed by atoms with Gasteiger partial charge in [-0.3, -0.25) is 0 Å². The molecule has 0 N–H and O–H groups in total. The Kier molecular flexibility index (Phi) is 9.62. The predicted octanol–water partition coefficient (Wildman–Crippen LogP) is 9.23. The van der Waals surface area contributed by atoms with E-state index in [-0.39, 0.29) is 0 Å². The Balaban J connectivity index is 0. The molecule has 0 aliphatic carbocycles. The molecule has 0 saturated heterocycles. The summed E-state index contributed by atoms with van der Waals surface area (Å²) >= 11 is -1.33. The van der Waals surface area contributed by atoms with Gasteiger partial charge in [-0.05, 0) is 15.1 Å². The molecule has 0 bridgehead atoms. The first-order chi connectivity index (χ1) is 10.7. The van der Waals surface area contributed by atoms with Gasteiger partial charge in [0.2, 0.25) is 0 Å². The number of hydrogen-bond acceptors (Lipinski definition) is 0. The van der Waals surface area contributed by atoms with Crippen molar-refractivity contribution in [3.05, 3.63) is 0 Å². The predicted molar refractivity (Wildman–Crippen MR) is 133 cm³/mol. The van der Waals surface area contributed by atoms with Crippen LogP contribution in [0.5, 0.6) is 0 Å². The topological polar surface area (TPSA) is 0 Å². The van der Waals surface area contributed by atoms with E-state index >= 15 is 0 Å². The van der Waals surface area contributed by atoms with Crippen LogP contribution >= 0.6 is 0 Å². The van der Waals surface area contributed by atoms with E-state index in [0.717, 1.165) is 0 Å². The third-order valence-electron chi connectivity index (χ3n) is 5.20. The van der Waals surface area contributed by atoms with E-state index in [4.69, 9.17) is 0 Å². The third-order valence-corrected chi connectivity index (χ3v) is 21.3. The van der Waals surface area contributed by atoms with Crippen molar-refractivity contribution in [2.24, 2.45) is 0 Å². The van der Waals surface area contributed by atoms with Gasteiger partial charge in [0.1, 0.15) is 0 Å². The maximum atomic E-state index is 2.44. The molecule has 160 valence electrons. The Morgan fingerprint density at radius 3 is 0.500 bits per heavy atom. The van der Waals surface area contributed by atoms with Gasteiger partial charge in [-0.1, -0.05) is 62.3 Å². The molecular formula is C24H56GeSi. The Bertz CT molecular complexity index is 299. The molecule has 0 radical (unpaired) electrons. The molecule has 0 aromatic carbocycles. The maximum absolute atomic E-state index is 2.44. The molecule has 2 heteroatoms. The van der Waals surface area contributed by atoms with E-state index < -0.39 is 23.1 Å². The quantitative estimate of drug-likeness (QED) is 0.326. The fraction of sp³-hybridized carbons (Fsp3) is 1.00. The van der Waals surface area contributed by atoms with E-state index in [0.29, 0.717) is 27.9 Å². The van der Waals surface area contributed by atoms with Crippen molar-refractivity contribution in [2.75, 3.05) is 0 Å². The van der Waals surface area contributed by atoms with Crippen molar-refractivity contribution in [3.63, 3.8) is 0 Å². The summed E-state index contributed by atoms with van der Waals surface area (Å²) in [6.45, 7) is 43.7. The van der Waals surface area contributed by atoms with Crippen LogP contribution in [0.2, 0.25) is 27.9 Å². The van der Waals surface area contributed by atoms with Crippen LogP contribution in [0.3, 0.4) is 0 Å². The average Bonchev–Trinajstić information content (AvgIpc) is 1.97. The molecule has 0 heterocycles. The molecule has 0 nitrogen and oxygen atoms in total. The van der Waals surface area contributed by atoms with Crippen LogP contribution in [0.15, 0.2) is 0 Å². The van der Waals surface area contributed by atoms with Crippen molar-refractivity contribution in [3.8, 4) is 0 Å². The van der Waals surface area contributed by atoms with E-state index in [1.807, 2.05) is 0 Å². The molecule has 0 amide bonds. The van der Waals surface area contributed by atoms with Gasteiger partial charge in [-0.2, -0.15) is 0 Å². The second kappa shape index (κ2) is 8.64. The van der Waals surface area contributed by atoms with Gasteiger partial charge >= 0.3 is 89.4 Å². The Morgan fingerprint density at radius 2 is 0.500 bits per heavy atom. The second-order valence-electron chi connectivity index (χ2n) is 15.1. The summed E-state index contributed by atoms with van der Waals surface area (Å²) in [6.07, 6.45) is 0. The van der Waals surface area contributed by atoms with Gasteiger partial charge in [0.15, 0.2) is 0 Å². The minimum absolute atomic E-state index is 0.524. The minimum atomic E-state index is -1.33. The molecular weight excluding hydrogens is 389 g/mol. The fourth-order valence-electron chi connectivity index (χ4n) is 7.79. The molecule has 0 fully saturated rings. The second-order valence-corrected chi connectivity index (χ2v) is 33.8. The molecule has 0 rings (SSSR count). The summed E-state index contributed by atoms with van der Waals surface area (Å²) in [5, 5.41) is 1.57. The van der Waals surface area contributed by atoms with Crippen LogP contribution in [0, 0.1) is 0 Å². The molecule has 0 aliphatic rings. The molecule has 0 aliphatic heterocycles. The monoisotopic (exact) mass is 446 g/mol. The van der Waals surface area contributed by atoms with Crippen LogP contribution in [0.4, 0.5) is 0 Å². The van der Waals surface area contributed by atoms with E-state index in [9.17, 15) is 0 Å². The van der Waals surface area contributed by atoms with Crippen LogP contribution in [0.25, 0.3) is 0 Å². The van der Waals surface area contributed by atoms with Crippen molar-refractivity contribution in [2.45, 2.75) is 152 Å². The van der Waals surface area contributed by atoms with Crippen molar-refractivity contribution in [1.29, 1.82) is 0 Å². The molecule has 0 unspecified atom stereocenters. The van der Waals surface area contributed by atoms with Crippen LogP contribution in [0.1, 0.15) is 125 Å². The number of rotatable bonds is 0. The van der Waals surface area contributed by atoms with Gasteiger partial charge < -0.3 is 0 Å². The first kappa shape index (κ1) is 29.0. The zero-order valence-corrected chi connectivity index (χ0v) is 25.7. The van der Waals surface area contributed by atoms with Gasteiger partial charge in [-0.25, -0.2) is 0 Å². The summed E-state index contributed by atoms with van der Waals surface area (Å²) < 4.78 is 1.72. The molecule has 0 saturated carbocycles. The van der Waals surface area contributed by atoms with Crippen LogP contribution in [-0.2, 0) is 0 Å². The molecule has 26 heavy (non-hydrogen) atoms. The van der Waals surface area contributed by atoms with E-state index in [1.54, 1.807) is 0 Å². The molecule has 0 aromatic rings. The van der Waals surface area contributed by atoms with E-state index in [1.165, 1.54) is 0 Å². The first-order valence-corrected chi connectivity index (χ1v) is 16.1. The fourth-order valence-corrected chi connectivity index (χ4v) is 31.9. The zero-order valence-electron chi connectivity index (χ0n) is 22.2. The van der Waals surface area contributed by atoms with E-state index in [2.05, 4.69) is 125 Å². The van der Waals surface area contributed by atoms with Crippen molar-refractivity contribution in [1.82, 2.24) is 0 Å². The van der Waals surface area contributed by atoms with Gasteiger partial charge in [0.25, 0.3) is 0 Å². The van der Waals surface area contributed by atoms with Crippen molar-refractivity contribution < 1.29 is 0 Å². The summed E-state index contributed by atoms with van der Waals surface area (Å²) in [5.74, 6) is 0. The third kappa shape index (κ3) is 10.3. The Labute approximate surface area is 175 Å². The standard InChI is InChI=1S/C12H28Ge.C12H28Si/c2*1-10(2,3)13(11(4,5)6)12(7,8)9/h2*13H,1-9H3. The SMILES string of the molecule is CC(C)(C)[SiH](C(C)(C)C)C(C)(C)C.C[C](C)(C)[GeH]([C](C)(C)C)[C](C)(C)C.